The van der Waals surface area contributed by atoms with Crippen molar-refractivity contribution in [2.45, 2.75) is 0 Å². The van der Waals surface area contributed by atoms with E-state index in [0.717, 1.165) is 5.56 Å². The molecule has 0 saturated carbocycles. The lowest BCUT2D eigenvalue weighted by atomic mass is 10.2. The van der Waals surface area contributed by atoms with Crippen LogP contribution in [0.3, 0.4) is 0 Å². The molecule has 1 heterocycles. The highest BCUT2D eigenvalue weighted by atomic mass is 35.5. The second-order valence-electron chi connectivity index (χ2n) is 3.09. The van der Waals surface area contributed by atoms with Gasteiger partial charge in [-0.2, -0.15) is 0 Å². The average Bonchev–Trinajstić information content (AvgIpc) is 2.81. The zero-order valence-corrected chi connectivity index (χ0v) is 10.2. The minimum absolute atomic E-state index is 0.262. The fraction of sp³-hybridized carbons (Fsp3) is 0. The summed E-state index contributed by atoms with van der Waals surface area (Å²) in [5.74, 6) is -0.262. The molecule has 6 heteroatoms. The molecule has 86 valence electrons. The van der Waals surface area contributed by atoms with E-state index in [1.807, 2.05) is 18.2 Å². The van der Waals surface area contributed by atoms with Crippen molar-refractivity contribution in [2.24, 2.45) is 0 Å². The summed E-state index contributed by atoms with van der Waals surface area (Å²) in [5.41, 5.74) is 2.34. The zero-order valence-electron chi connectivity index (χ0n) is 8.63. The molecule has 17 heavy (non-hydrogen) atoms. The molecule has 1 aromatic heterocycles. The molecule has 0 fully saturated rings. The number of halogens is 1. The maximum atomic E-state index is 11.5. The lowest BCUT2D eigenvalue weighted by Gasteiger charge is -1.97. The van der Waals surface area contributed by atoms with Crippen LogP contribution < -0.4 is 5.32 Å². The highest BCUT2D eigenvalue weighted by Gasteiger charge is 2.00. The summed E-state index contributed by atoms with van der Waals surface area (Å²) in [5, 5.41) is 11.0. The zero-order chi connectivity index (χ0) is 12.1. The van der Waals surface area contributed by atoms with Crippen LogP contribution in [0.2, 0.25) is 5.02 Å². The van der Waals surface area contributed by atoms with Crippen LogP contribution in [0, 0.1) is 0 Å². The minimum Gasteiger partial charge on any atom is -0.297 e. The van der Waals surface area contributed by atoms with Crippen molar-refractivity contribution in [3.63, 3.8) is 0 Å². The fourth-order valence-electron chi connectivity index (χ4n) is 1.15. The second kappa shape index (κ2) is 5.56. The molecule has 0 bridgehead atoms. The molecular formula is C11H8ClN3OS. The molecule has 1 N–H and O–H groups in total. The van der Waals surface area contributed by atoms with Gasteiger partial charge in [0.05, 0.1) is 0 Å². The van der Waals surface area contributed by atoms with Gasteiger partial charge in [-0.1, -0.05) is 41.1 Å². The van der Waals surface area contributed by atoms with Gasteiger partial charge in [-0.15, -0.1) is 10.2 Å². The summed E-state index contributed by atoms with van der Waals surface area (Å²) < 4.78 is 0. The SMILES string of the molecule is O=C(C=Cc1ccccc1Cl)Nc1nncs1. The molecule has 0 aliphatic rings. The Morgan fingerprint density at radius 3 is 2.94 bits per heavy atom. The predicted octanol–water partition coefficient (Wildman–Crippen LogP) is 2.84. The summed E-state index contributed by atoms with van der Waals surface area (Å²) >= 11 is 7.21. The van der Waals surface area contributed by atoms with Crippen LogP contribution in [0.4, 0.5) is 5.13 Å². The number of rotatable bonds is 3. The van der Waals surface area contributed by atoms with Crippen molar-refractivity contribution in [1.29, 1.82) is 0 Å². The lowest BCUT2D eigenvalue weighted by Crippen LogP contribution is -2.07. The molecule has 0 spiro atoms. The van der Waals surface area contributed by atoms with E-state index in [1.54, 1.807) is 17.7 Å². The Kier molecular flexibility index (Phi) is 3.85. The van der Waals surface area contributed by atoms with Gasteiger partial charge in [-0.05, 0) is 17.7 Å². The summed E-state index contributed by atoms with van der Waals surface area (Å²) in [6.45, 7) is 0. The number of benzene rings is 1. The third-order valence-electron chi connectivity index (χ3n) is 1.91. The molecule has 2 rings (SSSR count). The number of nitrogens with one attached hydrogen (secondary N) is 1. The van der Waals surface area contributed by atoms with Crippen LogP contribution in [0.1, 0.15) is 5.56 Å². The molecule has 0 saturated heterocycles. The standard InChI is InChI=1S/C11H8ClN3OS/c12-9-4-2-1-3-8(9)5-6-10(16)14-11-15-13-7-17-11/h1-7H,(H,14,15,16). The van der Waals surface area contributed by atoms with Crippen LogP contribution in [0.25, 0.3) is 6.08 Å². The Morgan fingerprint density at radius 2 is 2.24 bits per heavy atom. The first-order valence-corrected chi connectivity index (χ1v) is 6.01. The molecule has 1 aromatic carbocycles. The monoisotopic (exact) mass is 265 g/mol. The minimum atomic E-state index is -0.262. The van der Waals surface area contributed by atoms with Crippen LogP contribution in [-0.2, 0) is 4.79 Å². The normalized spacial score (nSPS) is 10.6. The molecule has 0 aliphatic carbocycles. The van der Waals surface area contributed by atoms with E-state index < -0.39 is 0 Å². The lowest BCUT2D eigenvalue weighted by molar-refractivity contribution is -0.111. The first kappa shape index (κ1) is 11.8. The fourth-order valence-corrected chi connectivity index (χ4v) is 1.80. The number of hydrogen-bond donors (Lipinski definition) is 1. The number of hydrogen-bond acceptors (Lipinski definition) is 4. The molecule has 0 aliphatic heterocycles. The van der Waals surface area contributed by atoms with E-state index in [-0.39, 0.29) is 5.91 Å². The molecule has 2 aromatic rings. The Balaban J connectivity index is 2.01. The van der Waals surface area contributed by atoms with Gasteiger partial charge >= 0.3 is 0 Å². The Morgan fingerprint density at radius 1 is 1.41 bits per heavy atom. The van der Waals surface area contributed by atoms with E-state index in [2.05, 4.69) is 15.5 Å². The van der Waals surface area contributed by atoms with Gasteiger partial charge in [-0.25, -0.2) is 0 Å². The van der Waals surface area contributed by atoms with Gasteiger partial charge in [0.1, 0.15) is 5.51 Å². The van der Waals surface area contributed by atoms with E-state index in [4.69, 9.17) is 11.6 Å². The number of amides is 1. The van der Waals surface area contributed by atoms with Gasteiger partial charge in [0.25, 0.3) is 0 Å². The third kappa shape index (κ3) is 3.37. The van der Waals surface area contributed by atoms with Crippen molar-refractivity contribution >= 4 is 40.1 Å². The van der Waals surface area contributed by atoms with Crippen molar-refractivity contribution in [1.82, 2.24) is 10.2 Å². The van der Waals surface area contributed by atoms with Crippen LogP contribution >= 0.6 is 22.9 Å². The van der Waals surface area contributed by atoms with Gasteiger partial charge in [0, 0.05) is 11.1 Å². The number of carbonyl (C=O) groups is 1. The van der Waals surface area contributed by atoms with Crippen molar-refractivity contribution in [2.75, 3.05) is 5.32 Å². The largest absolute Gasteiger partial charge is 0.297 e. The van der Waals surface area contributed by atoms with Crippen LogP contribution in [-0.4, -0.2) is 16.1 Å². The number of aromatic nitrogens is 2. The molecular weight excluding hydrogens is 258 g/mol. The maximum absolute atomic E-state index is 11.5. The molecule has 0 radical (unpaired) electrons. The average molecular weight is 266 g/mol. The molecule has 0 atom stereocenters. The number of nitrogens with zero attached hydrogens (tertiary/aromatic N) is 2. The second-order valence-corrected chi connectivity index (χ2v) is 4.33. The van der Waals surface area contributed by atoms with E-state index in [1.165, 1.54) is 17.4 Å². The van der Waals surface area contributed by atoms with Crippen LogP contribution in [0.15, 0.2) is 35.9 Å². The molecule has 1 amide bonds. The Hall–Kier alpha value is -1.72. The Labute approximate surface area is 107 Å². The highest BCUT2D eigenvalue weighted by molar-refractivity contribution is 7.13. The quantitative estimate of drug-likeness (QED) is 0.869. The van der Waals surface area contributed by atoms with Crippen molar-refractivity contribution < 1.29 is 4.79 Å². The highest BCUT2D eigenvalue weighted by Crippen LogP contribution is 2.16. The van der Waals surface area contributed by atoms with Gasteiger partial charge in [0.15, 0.2) is 0 Å². The van der Waals surface area contributed by atoms with Gasteiger partial charge < -0.3 is 0 Å². The third-order valence-corrected chi connectivity index (χ3v) is 2.86. The van der Waals surface area contributed by atoms with Crippen LogP contribution in [0.5, 0.6) is 0 Å². The topological polar surface area (TPSA) is 54.9 Å². The molecule has 0 unspecified atom stereocenters. The Bertz CT molecular complexity index is 539. The van der Waals surface area contributed by atoms with E-state index >= 15 is 0 Å². The van der Waals surface area contributed by atoms with Crippen molar-refractivity contribution in [3.8, 4) is 0 Å². The first-order chi connectivity index (χ1) is 8.25. The maximum Gasteiger partial charge on any atom is 0.250 e. The van der Waals surface area contributed by atoms with E-state index in [9.17, 15) is 4.79 Å². The van der Waals surface area contributed by atoms with Gasteiger partial charge in [0.2, 0.25) is 11.0 Å². The first-order valence-electron chi connectivity index (χ1n) is 4.75. The summed E-state index contributed by atoms with van der Waals surface area (Å²) in [4.78, 5) is 11.5. The summed E-state index contributed by atoms with van der Waals surface area (Å²) in [6, 6.07) is 7.29. The number of carbonyl (C=O) groups excluding carboxylic acids is 1. The predicted molar refractivity (Wildman–Crippen MR) is 69.0 cm³/mol. The smallest absolute Gasteiger partial charge is 0.250 e. The summed E-state index contributed by atoms with van der Waals surface area (Å²) in [6.07, 6.45) is 3.06. The van der Waals surface area contributed by atoms with Crippen molar-refractivity contribution in [3.05, 3.63) is 46.4 Å². The number of anilines is 1. The molecule has 4 nitrogen and oxygen atoms in total. The van der Waals surface area contributed by atoms with E-state index in [0.29, 0.717) is 10.2 Å². The van der Waals surface area contributed by atoms with Gasteiger partial charge in [-0.3, -0.25) is 10.1 Å². The summed E-state index contributed by atoms with van der Waals surface area (Å²) in [7, 11) is 0.